The molecule has 1 aliphatic carbocycles. The number of nitrogens with one attached hydrogen (secondary N) is 1. The number of likely N-dealkylation sites (tertiary alicyclic amines) is 1. The molecule has 3 rings (SSSR count). The molecule has 1 aromatic carbocycles. The minimum atomic E-state index is -2.50. The first-order chi connectivity index (χ1) is 11.0. The van der Waals surface area contributed by atoms with Crippen molar-refractivity contribution in [1.82, 2.24) is 4.90 Å². The summed E-state index contributed by atoms with van der Waals surface area (Å²) in [5.74, 6) is -2.57. The van der Waals surface area contributed by atoms with E-state index in [4.69, 9.17) is 0 Å². The third-order valence-corrected chi connectivity index (χ3v) is 4.80. The molecule has 124 valence electrons. The Morgan fingerprint density at radius 3 is 2.74 bits per heavy atom. The van der Waals surface area contributed by atoms with E-state index in [-0.39, 0.29) is 17.7 Å². The van der Waals surface area contributed by atoms with Crippen LogP contribution in [0.4, 0.5) is 14.5 Å². The number of hydrogen-bond acceptors (Lipinski definition) is 3. The lowest BCUT2D eigenvalue weighted by molar-refractivity contribution is -0.137. The highest BCUT2D eigenvalue weighted by Gasteiger charge is 2.40. The maximum absolute atomic E-state index is 12.4. The predicted molar refractivity (Wildman–Crippen MR) is 84.4 cm³/mol. The van der Waals surface area contributed by atoms with Crippen molar-refractivity contribution in [3.05, 3.63) is 24.3 Å². The predicted octanol–water partition coefficient (Wildman–Crippen LogP) is 3.34. The number of nitrogens with zero attached hydrogens (tertiary/aromatic N) is 1. The number of rotatable bonds is 5. The molecule has 23 heavy (non-hydrogen) atoms. The average Bonchev–Trinajstić information content (AvgIpc) is 3.22. The molecule has 1 N–H and O–H groups in total. The zero-order valence-electron chi connectivity index (χ0n) is 12.5. The Bertz CT molecular complexity index is 607. The number of halogens is 2. The van der Waals surface area contributed by atoms with Crippen LogP contribution in [0, 0.1) is 5.92 Å². The van der Waals surface area contributed by atoms with Crippen LogP contribution in [0.25, 0.3) is 0 Å². The van der Waals surface area contributed by atoms with Crippen molar-refractivity contribution in [2.45, 2.75) is 42.4 Å². The van der Waals surface area contributed by atoms with Crippen molar-refractivity contribution in [3.63, 3.8) is 0 Å². The first-order valence-corrected chi connectivity index (χ1v) is 8.59. The minimum absolute atomic E-state index is 0.0738. The van der Waals surface area contributed by atoms with E-state index in [1.165, 1.54) is 6.07 Å². The molecule has 1 heterocycles. The topological polar surface area (TPSA) is 49.4 Å². The molecule has 2 amide bonds. The van der Waals surface area contributed by atoms with Crippen LogP contribution in [-0.2, 0) is 9.59 Å². The second-order valence-electron chi connectivity index (χ2n) is 5.86. The molecular weight excluding hydrogens is 322 g/mol. The Morgan fingerprint density at radius 2 is 2.04 bits per heavy atom. The van der Waals surface area contributed by atoms with Crippen molar-refractivity contribution in [3.8, 4) is 0 Å². The fourth-order valence-corrected chi connectivity index (χ4v) is 3.40. The van der Waals surface area contributed by atoms with Gasteiger partial charge < -0.3 is 10.2 Å². The molecule has 0 unspecified atom stereocenters. The van der Waals surface area contributed by atoms with E-state index in [0.29, 0.717) is 35.3 Å². The van der Waals surface area contributed by atoms with Gasteiger partial charge in [-0.25, -0.2) is 0 Å². The zero-order valence-corrected chi connectivity index (χ0v) is 13.3. The van der Waals surface area contributed by atoms with E-state index in [2.05, 4.69) is 5.32 Å². The molecule has 1 saturated heterocycles. The highest BCUT2D eigenvalue weighted by molar-refractivity contribution is 7.99. The highest BCUT2D eigenvalue weighted by Crippen LogP contribution is 2.34. The lowest BCUT2D eigenvalue weighted by Crippen LogP contribution is -2.43. The molecule has 7 heteroatoms. The SMILES string of the molecule is O=C(Nc1cccc(SC(F)F)c1)[C@@H]1CCCN1C(=O)C1CC1. The van der Waals surface area contributed by atoms with Gasteiger partial charge in [-0.3, -0.25) is 9.59 Å². The maximum Gasteiger partial charge on any atom is 0.288 e. The summed E-state index contributed by atoms with van der Waals surface area (Å²) in [6, 6.07) is 5.94. The maximum atomic E-state index is 12.4. The van der Waals surface area contributed by atoms with Gasteiger partial charge in [-0.15, -0.1) is 0 Å². The molecule has 1 saturated carbocycles. The summed E-state index contributed by atoms with van der Waals surface area (Å²) >= 11 is 0.440. The Labute approximate surface area is 137 Å². The number of hydrogen-bond donors (Lipinski definition) is 1. The van der Waals surface area contributed by atoms with Gasteiger partial charge in [0.15, 0.2) is 0 Å². The van der Waals surface area contributed by atoms with Crippen LogP contribution in [0.3, 0.4) is 0 Å². The number of carbonyl (C=O) groups excluding carboxylic acids is 2. The second-order valence-corrected chi connectivity index (χ2v) is 6.92. The Balaban J connectivity index is 1.65. The van der Waals surface area contributed by atoms with Gasteiger partial charge in [0, 0.05) is 23.0 Å². The fourth-order valence-electron chi connectivity index (χ4n) is 2.84. The molecule has 0 spiro atoms. The van der Waals surface area contributed by atoms with Crippen molar-refractivity contribution in [1.29, 1.82) is 0 Å². The van der Waals surface area contributed by atoms with E-state index < -0.39 is 11.8 Å². The van der Waals surface area contributed by atoms with Crippen molar-refractivity contribution in [2.75, 3.05) is 11.9 Å². The third-order valence-electron chi connectivity index (χ3n) is 4.09. The van der Waals surface area contributed by atoms with Gasteiger partial charge in [-0.2, -0.15) is 8.78 Å². The van der Waals surface area contributed by atoms with Crippen LogP contribution in [0.1, 0.15) is 25.7 Å². The standard InChI is InChI=1S/C16H18F2N2O2S/c17-16(18)23-12-4-1-3-11(9-12)19-14(21)13-5-2-8-20(13)15(22)10-6-7-10/h1,3-4,9-10,13,16H,2,5-8H2,(H,19,21)/t13-/m0/s1. The number of thioether (sulfide) groups is 1. The molecule has 2 fully saturated rings. The monoisotopic (exact) mass is 340 g/mol. The molecular formula is C16H18F2N2O2S. The lowest BCUT2D eigenvalue weighted by atomic mass is 10.2. The van der Waals surface area contributed by atoms with Gasteiger partial charge in [0.1, 0.15) is 6.04 Å². The van der Waals surface area contributed by atoms with Crippen molar-refractivity contribution >= 4 is 29.3 Å². The average molecular weight is 340 g/mol. The van der Waals surface area contributed by atoms with E-state index in [0.717, 1.165) is 19.3 Å². The van der Waals surface area contributed by atoms with E-state index >= 15 is 0 Å². The largest absolute Gasteiger partial charge is 0.330 e. The Morgan fingerprint density at radius 1 is 1.26 bits per heavy atom. The smallest absolute Gasteiger partial charge is 0.288 e. The number of carbonyl (C=O) groups is 2. The molecule has 1 aromatic rings. The first-order valence-electron chi connectivity index (χ1n) is 7.71. The van der Waals surface area contributed by atoms with Crippen LogP contribution in [-0.4, -0.2) is 35.1 Å². The van der Waals surface area contributed by atoms with E-state index in [1.54, 1.807) is 23.1 Å². The van der Waals surface area contributed by atoms with Gasteiger partial charge in [0.2, 0.25) is 11.8 Å². The molecule has 0 bridgehead atoms. The van der Waals surface area contributed by atoms with Gasteiger partial charge in [-0.1, -0.05) is 17.8 Å². The summed E-state index contributed by atoms with van der Waals surface area (Å²) in [5, 5.41) is 2.75. The van der Waals surface area contributed by atoms with Crippen LogP contribution in [0.2, 0.25) is 0 Å². The number of anilines is 1. The van der Waals surface area contributed by atoms with Gasteiger partial charge in [0.05, 0.1) is 0 Å². The van der Waals surface area contributed by atoms with Gasteiger partial charge >= 0.3 is 0 Å². The molecule has 2 aliphatic rings. The number of benzene rings is 1. The summed E-state index contributed by atoms with van der Waals surface area (Å²) in [5.41, 5.74) is 0.478. The van der Waals surface area contributed by atoms with Crippen LogP contribution < -0.4 is 5.32 Å². The van der Waals surface area contributed by atoms with Crippen molar-refractivity contribution < 1.29 is 18.4 Å². The van der Waals surface area contributed by atoms with Gasteiger partial charge in [-0.05, 0) is 43.9 Å². The minimum Gasteiger partial charge on any atom is -0.330 e. The molecule has 4 nitrogen and oxygen atoms in total. The van der Waals surface area contributed by atoms with E-state index in [1.807, 2.05) is 0 Å². The fraction of sp³-hybridized carbons (Fsp3) is 0.500. The Hall–Kier alpha value is -1.63. The van der Waals surface area contributed by atoms with Gasteiger partial charge in [0.25, 0.3) is 5.76 Å². The van der Waals surface area contributed by atoms with Crippen LogP contribution in [0.15, 0.2) is 29.2 Å². The second kappa shape index (κ2) is 6.86. The molecule has 1 aliphatic heterocycles. The van der Waals surface area contributed by atoms with E-state index in [9.17, 15) is 18.4 Å². The third kappa shape index (κ3) is 4.02. The normalized spacial score (nSPS) is 20.8. The van der Waals surface area contributed by atoms with Crippen molar-refractivity contribution in [2.24, 2.45) is 5.92 Å². The molecule has 0 aromatic heterocycles. The summed E-state index contributed by atoms with van der Waals surface area (Å²) in [4.78, 5) is 26.7. The number of amides is 2. The summed E-state index contributed by atoms with van der Waals surface area (Å²) in [6.45, 7) is 0.620. The summed E-state index contributed by atoms with van der Waals surface area (Å²) in [7, 11) is 0. The highest BCUT2D eigenvalue weighted by atomic mass is 32.2. The number of alkyl halides is 2. The molecule has 1 atom stereocenters. The van der Waals surface area contributed by atoms with Crippen LogP contribution in [0.5, 0.6) is 0 Å². The zero-order chi connectivity index (χ0) is 16.4. The molecule has 0 radical (unpaired) electrons. The first kappa shape index (κ1) is 16.2. The Kier molecular flexibility index (Phi) is 4.84. The van der Waals surface area contributed by atoms with Crippen LogP contribution >= 0.6 is 11.8 Å². The lowest BCUT2D eigenvalue weighted by Gasteiger charge is -2.24. The summed E-state index contributed by atoms with van der Waals surface area (Å²) < 4.78 is 24.8. The quantitative estimate of drug-likeness (QED) is 0.837. The summed E-state index contributed by atoms with van der Waals surface area (Å²) in [6.07, 6.45) is 3.29.